The molecule has 1 fully saturated rings. The topological polar surface area (TPSA) is 78.9 Å². The number of methoxy groups -OCH3 is 1. The maximum atomic E-state index is 11.9. The number of nitrogens with zero attached hydrogens (tertiary/aromatic N) is 1. The number of ether oxygens (including phenoxy) is 1. The van der Waals surface area contributed by atoms with E-state index in [9.17, 15) is 14.7 Å². The molecule has 3 atom stereocenters. The van der Waals surface area contributed by atoms with E-state index in [1.54, 1.807) is 0 Å². The molecule has 1 amide bonds. The van der Waals surface area contributed by atoms with Crippen molar-refractivity contribution < 1.29 is 19.4 Å². The van der Waals surface area contributed by atoms with Gasteiger partial charge in [0.05, 0.1) is 19.8 Å². The molecule has 1 heterocycles. The van der Waals surface area contributed by atoms with Gasteiger partial charge in [-0.05, 0) is 12.3 Å². The fourth-order valence-electron chi connectivity index (χ4n) is 2.17. The number of esters is 1. The standard InChI is InChI=1S/C13H24N2O4/c1-4-9(2)12(13(18)19-3)14-11(17)8-15-6-5-10(16)7-15/h9-10,12,16H,4-8H2,1-3H3,(H,14,17). The molecule has 1 rings (SSSR count). The first-order chi connectivity index (χ1) is 8.97. The zero-order valence-corrected chi connectivity index (χ0v) is 11.9. The summed E-state index contributed by atoms with van der Waals surface area (Å²) in [5.41, 5.74) is 0. The Morgan fingerprint density at radius 1 is 1.53 bits per heavy atom. The van der Waals surface area contributed by atoms with Gasteiger partial charge >= 0.3 is 5.97 Å². The van der Waals surface area contributed by atoms with Gasteiger partial charge in [0.2, 0.25) is 5.91 Å². The summed E-state index contributed by atoms with van der Waals surface area (Å²) in [5, 5.41) is 12.1. The zero-order valence-electron chi connectivity index (χ0n) is 11.9. The SMILES string of the molecule is CCC(C)C(NC(=O)CN1CCC(O)C1)C(=O)OC. The molecule has 0 aromatic heterocycles. The van der Waals surface area contributed by atoms with Crippen molar-refractivity contribution in [2.75, 3.05) is 26.7 Å². The Morgan fingerprint density at radius 2 is 2.21 bits per heavy atom. The van der Waals surface area contributed by atoms with Crippen molar-refractivity contribution in [3.05, 3.63) is 0 Å². The van der Waals surface area contributed by atoms with Crippen molar-refractivity contribution in [1.82, 2.24) is 10.2 Å². The van der Waals surface area contributed by atoms with Gasteiger partial charge in [0.1, 0.15) is 6.04 Å². The normalized spacial score (nSPS) is 22.8. The van der Waals surface area contributed by atoms with Crippen LogP contribution < -0.4 is 5.32 Å². The van der Waals surface area contributed by atoms with Crippen molar-refractivity contribution >= 4 is 11.9 Å². The molecule has 6 nitrogen and oxygen atoms in total. The quantitative estimate of drug-likeness (QED) is 0.652. The van der Waals surface area contributed by atoms with Crippen LogP contribution in [0.2, 0.25) is 0 Å². The van der Waals surface area contributed by atoms with Crippen molar-refractivity contribution in [3.8, 4) is 0 Å². The third-order valence-electron chi connectivity index (χ3n) is 3.60. The summed E-state index contributed by atoms with van der Waals surface area (Å²) in [6.07, 6.45) is 1.13. The van der Waals surface area contributed by atoms with Gasteiger partial charge in [0.15, 0.2) is 0 Å². The molecule has 1 aliphatic heterocycles. The average Bonchev–Trinajstić information content (AvgIpc) is 2.79. The largest absolute Gasteiger partial charge is 0.467 e. The molecule has 0 aromatic carbocycles. The minimum absolute atomic E-state index is 0.0283. The van der Waals surface area contributed by atoms with E-state index in [2.05, 4.69) is 5.32 Å². The predicted octanol–water partition coefficient (Wildman–Crippen LogP) is -0.243. The van der Waals surface area contributed by atoms with Crippen LogP contribution in [0.4, 0.5) is 0 Å². The molecule has 0 aromatic rings. The van der Waals surface area contributed by atoms with E-state index in [0.717, 1.165) is 6.42 Å². The number of carbonyl (C=O) groups is 2. The second-order valence-corrected chi connectivity index (χ2v) is 5.13. The van der Waals surface area contributed by atoms with Crippen molar-refractivity contribution in [1.29, 1.82) is 0 Å². The Kier molecular flexibility index (Phi) is 6.24. The highest BCUT2D eigenvalue weighted by molar-refractivity contribution is 5.85. The van der Waals surface area contributed by atoms with Gasteiger partial charge in [0, 0.05) is 13.1 Å². The number of carbonyl (C=O) groups excluding carboxylic acids is 2. The number of hydrogen-bond acceptors (Lipinski definition) is 5. The minimum Gasteiger partial charge on any atom is -0.467 e. The molecule has 19 heavy (non-hydrogen) atoms. The number of rotatable bonds is 6. The number of aliphatic hydroxyl groups excluding tert-OH is 1. The van der Waals surface area contributed by atoms with E-state index < -0.39 is 12.0 Å². The molecule has 0 saturated carbocycles. The van der Waals surface area contributed by atoms with Crippen LogP contribution in [0.15, 0.2) is 0 Å². The van der Waals surface area contributed by atoms with E-state index in [-0.39, 0.29) is 24.5 Å². The van der Waals surface area contributed by atoms with Crippen LogP contribution in [0.5, 0.6) is 0 Å². The molecular weight excluding hydrogens is 248 g/mol. The molecule has 0 bridgehead atoms. The van der Waals surface area contributed by atoms with Crippen LogP contribution in [0.1, 0.15) is 26.7 Å². The lowest BCUT2D eigenvalue weighted by Crippen LogP contribution is -2.48. The highest BCUT2D eigenvalue weighted by Gasteiger charge is 2.28. The molecule has 1 aliphatic rings. The van der Waals surface area contributed by atoms with Crippen molar-refractivity contribution in [2.24, 2.45) is 5.92 Å². The molecule has 1 saturated heterocycles. The lowest BCUT2D eigenvalue weighted by molar-refractivity contribution is -0.146. The molecule has 3 unspecified atom stereocenters. The van der Waals surface area contributed by atoms with Gasteiger partial charge < -0.3 is 15.2 Å². The second-order valence-electron chi connectivity index (χ2n) is 5.13. The first kappa shape index (κ1) is 15.9. The zero-order chi connectivity index (χ0) is 14.4. The predicted molar refractivity (Wildman–Crippen MR) is 70.5 cm³/mol. The number of hydrogen-bond donors (Lipinski definition) is 2. The maximum absolute atomic E-state index is 11.9. The third-order valence-corrected chi connectivity index (χ3v) is 3.60. The lowest BCUT2D eigenvalue weighted by Gasteiger charge is -2.23. The monoisotopic (exact) mass is 272 g/mol. The van der Waals surface area contributed by atoms with Gasteiger partial charge in [-0.3, -0.25) is 9.69 Å². The average molecular weight is 272 g/mol. The molecular formula is C13H24N2O4. The van der Waals surface area contributed by atoms with Crippen LogP contribution in [0, 0.1) is 5.92 Å². The highest BCUT2D eigenvalue weighted by Crippen LogP contribution is 2.11. The lowest BCUT2D eigenvalue weighted by atomic mass is 9.99. The van der Waals surface area contributed by atoms with Crippen LogP contribution in [-0.4, -0.2) is 60.8 Å². The number of nitrogens with one attached hydrogen (secondary N) is 1. The van der Waals surface area contributed by atoms with Crippen molar-refractivity contribution in [2.45, 2.75) is 38.8 Å². The Bertz CT molecular complexity index is 322. The highest BCUT2D eigenvalue weighted by atomic mass is 16.5. The first-order valence-electron chi connectivity index (χ1n) is 6.75. The summed E-state index contributed by atoms with van der Waals surface area (Å²) in [4.78, 5) is 25.4. The van der Waals surface area contributed by atoms with Gasteiger partial charge in [-0.2, -0.15) is 0 Å². The second kappa shape index (κ2) is 7.45. The fourth-order valence-corrected chi connectivity index (χ4v) is 2.17. The van der Waals surface area contributed by atoms with Crippen LogP contribution in [0.25, 0.3) is 0 Å². The number of β-amino-alcohol motifs (C(OH)–C–C–N with tert-alkyl or cyclic N) is 1. The third kappa shape index (κ3) is 4.80. The van der Waals surface area contributed by atoms with Gasteiger partial charge in [-0.1, -0.05) is 20.3 Å². The van der Waals surface area contributed by atoms with E-state index in [1.165, 1.54) is 7.11 Å². The molecule has 0 radical (unpaired) electrons. The van der Waals surface area contributed by atoms with E-state index >= 15 is 0 Å². The minimum atomic E-state index is -0.602. The van der Waals surface area contributed by atoms with E-state index in [4.69, 9.17) is 4.74 Å². The Labute approximate surface area is 114 Å². The Hall–Kier alpha value is -1.14. The number of aliphatic hydroxyl groups is 1. The fraction of sp³-hybridized carbons (Fsp3) is 0.846. The summed E-state index contributed by atoms with van der Waals surface area (Å²) in [6.45, 7) is 5.30. The van der Waals surface area contributed by atoms with E-state index in [1.807, 2.05) is 18.7 Å². The van der Waals surface area contributed by atoms with Crippen LogP contribution in [-0.2, 0) is 14.3 Å². The molecule has 6 heteroatoms. The van der Waals surface area contributed by atoms with Gasteiger partial charge in [-0.25, -0.2) is 4.79 Å². The van der Waals surface area contributed by atoms with Crippen LogP contribution >= 0.6 is 0 Å². The molecule has 110 valence electrons. The maximum Gasteiger partial charge on any atom is 0.328 e. The van der Waals surface area contributed by atoms with Crippen LogP contribution in [0.3, 0.4) is 0 Å². The first-order valence-corrected chi connectivity index (χ1v) is 6.75. The van der Waals surface area contributed by atoms with E-state index in [0.29, 0.717) is 19.5 Å². The smallest absolute Gasteiger partial charge is 0.328 e. The van der Waals surface area contributed by atoms with Gasteiger partial charge in [0.25, 0.3) is 0 Å². The summed E-state index contributed by atoms with van der Waals surface area (Å²) in [6, 6.07) is -0.602. The number of amides is 1. The summed E-state index contributed by atoms with van der Waals surface area (Å²) in [7, 11) is 1.32. The Morgan fingerprint density at radius 3 is 2.68 bits per heavy atom. The summed E-state index contributed by atoms with van der Waals surface area (Å²) < 4.78 is 4.72. The number of likely N-dealkylation sites (tertiary alicyclic amines) is 1. The van der Waals surface area contributed by atoms with Crippen molar-refractivity contribution in [3.63, 3.8) is 0 Å². The molecule has 0 aliphatic carbocycles. The summed E-state index contributed by atoms with van der Waals surface area (Å²) >= 11 is 0. The molecule has 0 spiro atoms. The summed E-state index contributed by atoms with van der Waals surface area (Å²) in [5.74, 6) is -0.588. The Balaban J connectivity index is 2.49. The van der Waals surface area contributed by atoms with Gasteiger partial charge in [-0.15, -0.1) is 0 Å². The molecule has 2 N–H and O–H groups in total.